The summed E-state index contributed by atoms with van der Waals surface area (Å²) >= 11 is 0. The molecule has 176 valence electrons. The van der Waals surface area contributed by atoms with Gasteiger partial charge in [0.1, 0.15) is 5.76 Å². The zero-order valence-electron chi connectivity index (χ0n) is 18.5. The van der Waals surface area contributed by atoms with Crippen molar-refractivity contribution in [1.29, 1.82) is 0 Å². The van der Waals surface area contributed by atoms with E-state index in [9.17, 15) is 4.79 Å². The van der Waals surface area contributed by atoms with Gasteiger partial charge in [0.15, 0.2) is 17.3 Å². The number of benzene rings is 1. The summed E-state index contributed by atoms with van der Waals surface area (Å²) in [6, 6.07) is 9.33. The molecule has 1 N–H and O–H groups in total. The van der Waals surface area contributed by atoms with Crippen molar-refractivity contribution in [3.05, 3.63) is 64.1 Å². The SMILES string of the molecule is O=c1[nH]c2cc3c(cc2cc1CN(Cc1ccco1)Cc1nnnn1C[C@H]1CCCO1)OCO3. The molecule has 3 aromatic heterocycles. The molecular formula is C23H24N6O5. The van der Waals surface area contributed by atoms with Crippen LogP contribution in [0.1, 0.15) is 30.0 Å². The highest BCUT2D eigenvalue weighted by atomic mass is 16.7. The molecule has 6 rings (SSSR count). The van der Waals surface area contributed by atoms with Crippen LogP contribution in [0.4, 0.5) is 0 Å². The van der Waals surface area contributed by atoms with E-state index in [2.05, 4.69) is 25.4 Å². The van der Waals surface area contributed by atoms with Gasteiger partial charge >= 0.3 is 0 Å². The maximum Gasteiger partial charge on any atom is 0.252 e. The van der Waals surface area contributed by atoms with Crippen LogP contribution in [0.2, 0.25) is 0 Å². The number of nitrogens with zero attached hydrogens (tertiary/aromatic N) is 5. The van der Waals surface area contributed by atoms with Gasteiger partial charge in [0.05, 0.1) is 37.5 Å². The normalized spacial score (nSPS) is 17.3. The smallest absolute Gasteiger partial charge is 0.252 e. The predicted octanol–water partition coefficient (Wildman–Crippen LogP) is 2.22. The van der Waals surface area contributed by atoms with Crippen molar-refractivity contribution in [2.24, 2.45) is 0 Å². The van der Waals surface area contributed by atoms with Crippen molar-refractivity contribution in [3.8, 4) is 11.5 Å². The number of furan rings is 1. The van der Waals surface area contributed by atoms with Crippen LogP contribution in [0.5, 0.6) is 11.5 Å². The van der Waals surface area contributed by atoms with E-state index in [-0.39, 0.29) is 18.5 Å². The summed E-state index contributed by atoms with van der Waals surface area (Å²) in [7, 11) is 0. The van der Waals surface area contributed by atoms with Crippen LogP contribution in [-0.4, -0.2) is 49.6 Å². The van der Waals surface area contributed by atoms with E-state index in [1.54, 1.807) is 17.0 Å². The minimum atomic E-state index is -0.158. The lowest BCUT2D eigenvalue weighted by Gasteiger charge is -2.21. The van der Waals surface area contributed by atoms with Crippen LogP contribution >= 0.6 is 0 Å². The number of aromatic nitrogens is 5. The van der Waals surface area contributed by atoms with Gasteiger partial charge in [-0.05, 0) is 47.5 Å². The van der Waals surface area contributed by atoms with Crippen molar-refractivity contribution in [1.82, 2.24) is 30.1 Å². The fourth-order valence-electron chi connectivity index (χ4n) is 4.45. The third-order valence-corrected chi connectivity index (χ3v) is 6.14. The molecule has 0 amide bonds. The Morgan fingerprint density at radius 1 is 1.15 bits per heavy atom. The van der Waals surface area contributed by atoms with Crippen LogP contribution in [0.25, 0.3) is 10.9 Å². The van der Waals surface area contributed by atoms with E-state index in [1.165, 1.54) is 0 Å². The highest BCUT2D eigenvalue weighted by Gasteiger charge is 2.21. The molecule has 0 aliphatic carbocycles. The minimum absolute atomic E-state index is 0.122. The van der Waals surface area contributed by atoms with Crippen LogP contribution in [0, 0.1) is 0 Å². The average molecular weight is 464 g/mol. The van der Waals surface area contributed by atoms with E-state index in [0.717, 1.165) is 30.6 Å². The number of nitrogens with one attached hydrogen (secondary N) is 1. The summed E-state index contributed by atoms with van der Waals surface area (Å²) < 4.78 is 24.0. The summed E-state index contributed by atoms with van der Waals surface area (Å²) in [5, 5.41) is 13.2. The highest BCUT2D eigenvalue weighted by molar-refractivity contribution is 5.83. The number of hydrogen-bond acceptors (Lipinski definition) is 9. The molecule has 34 heavy (non-hydrogen) atoms. The number of ether oxygens (including phenoxy) is 3. The van der Waals surface area contributed by atoms with Crippen LogP contribution < -0.4 is 15.0 Å². The fourth-order valence-corrected chi connectivity index (χ4v) is 4.45. The van der Waals surface area contributed by atoms with Gasteiger partial charge in [-0.25, -0.2) is 4.68 Å². The van der Waals surface area contributed by atoms with Crippen LogP contribution in [-0.2, 0) is 30.9 Å². The Kier molecular flexibility index (Phi) is 5.47. The van der Waals surface area contributed by atoms with Crippen LogP contribution in [0.3, 0.4) is 0 Å². The molecule has 11 heteroatoms. The van der Waals surface area contributed by atoms with Crippen molar-refractivity contribution in [3.63, 3.8) is 0 Å². The van der Waals surface area contributed by atoms with Crippen molar-refractivity contribution >= 4 is 10.9 Å². The first-order valence-electron chi connectivity index (χ1n) is 11.3. The molecule has 1 aromatic carbocycles. The maximum absolute atomic E-state index is 12.9. The third kappa shape index (κ3) is 4.27. The zero-order chi connectivity index (χ0) is 22.9. The number of fused-ring (bicyclic) bond motifs is 2. The van der Waals surface area contributed by atoms with Crippen LogP contribution in [0.15, 0.2) is 45.8 Å². The molecule has 0 unspecified atom stereocenters. The fraction of sp³-hybridized carbons (Fsp3) is 0.391. The van der Waals surface area contributed by atoms with Crippen molar-refractivity contribution in [2.45, 2.75) is 45.1 Å². The largest absolute Gasteiger partial charge is 0.468 e. The quantitative estimate of drug-likeness (QED) is 0.418. The number of pyridine rings is 1. The van der Waals surface area contributed by atoms with Gasteiger partial charge in [-0.3, -0.25) is 9.69 Å². The lowest BCUT2D eigenvalue weighted by molar-refractivity contribution is 0.0913. The Morgan fingerprint density at radius 2 is 2.06 bits per heavy atom. The molecule has 1 saturated heterocycles. The molecular weight excluding hydrogens is 440 g/mol. The van der Waals surface area contributed by atoms with E-state index in [1.807, 2.05) is 24.3 Å². The number of H-pyrrole nitrogens is 1. The molecule has 0 spiro atoms. The van der Waals surface area contributed by atoms with Crippen molar-refractivity contribution in [2.75, 3.05) is 13.4 Å². The second-order valence-electron chi connectivity index (χ2n) is 8.55. The summed E-state index contributed by atoms with van der Waals surface area (Å²) in [6.07, 6.45) is 3.82. The number of hydrogen-bond donors (Lipinski definition) is 1. The predicted molar refractivity (Wildman–Crippen MR) is 119 cm³/mol. The van der Waals surface area contributed by atoms with Gasteiger partial charge in [0.25, 0.3) is 5.56 Å². The Labute approximate surface area is 194 Å². The Bertz CT molecular complexity index is 1340. The van der Waals surface area contributed by atoms with E-state index in [0.29, 0.717) is 54.6 Å². The van der Waals surface area contributed by atoms with Gasteiger partial charge < -0.3 is 23.6 Å². The second kappa shape index (κ2) is 8.92. The second-order valence-corrected chi connectivity index (χ2v) is 8.55. The summed E-state index contributed by atoms with van der Waals surface area (Å²) in [6.45, 7) is 2.89. The van der Waals surface area contributed by atoms with Crippen molar-refractivity contribution < 1.29 is 18.6 Å². The zero-order valence-corrected chi connectivity index (χ0v) is 18.5. The molecule has 11 nitrogen and oxygen atoms in total. The summed E-state index contributed by atoms with van der Waals surface area (Å²) in [4.78, 5) is 18.0. The van der Waals surface area contributed by atoms with Gasteiger partial charge in [0, 0.05) is 30.2 Å². The molecule has 5 heterocycles. The monoisotopic (exact) mass is 464 g/mol. The first-order chi connectivity index (χ1) is 16.7. The molecule has 4 aromatic rings. The molecule has 0 bridgehead atoms. The molecule has 1 atom stereocenters. The molecule has 2 aliphatic heterocycles. The first-order valence-corrected chi connectivity index (χ1v) is 11.3. The third-order valence-electron chi connectivity index (χ3n) is 6.14. The highest BCUT2D eigenvalue weighted by Crippen LogP contribution is 2.35. The number of tetrazole rings is 1. The topological polar surface area (TPSA) is 121 Å². The lowest BCUT2D eigenvalue weighted by Crippen LogP contribution is -2.28. The Hall–Kier alpha value is -3.70. The van der Waals surface area contributed by atoms with Gasteiger partial charge in [-0.2, -0.15) is 0 Å². The summed E-state index contributed by atoms with van der Waals surface area (Å²) in [5.74, 6) is 2.81. The van der Waals surface area contributed by atoms with Gasteiger partial charge in [0.2, 0.25) is 6.79 Å². The standard InChI is InChI=1S/C23H24N6O5/c30-23-16(7-15-8-20-21(34-14-33-20)9-19(15)24-23)10-28(11-17-3-1-5-31-17)13-22-25-26-27-29(22)12-18-4-2-6-32-18/h1,3,5,7-9,18H,2,4,6,10-14H2,(H,24,30)/t18-/m1/s1. The molecule has 1 fully saturated rings. The molecule has 2 aliphatic rings. The van der Waals surface area contributed by atoms with E-state index in [4.69, 9.17) is 18.6 Å². The summed E-state index contributed by atoms with van der Waals surface area (Å²) in [5.41, 5.74) is 1.17. The van der Waals surface area contributed by atoms with Gasteiger partial charge in [-0.15, -0.1) is 5.10 Å². The molecule has 0 radical (unpaired) electrons. The minimum Gasteiger partial charge on any atom is -0.468 e. The Balaban J connectivity index is 1.28. The lowest BCUT2D eigenvalue weighted by atomic mass is 10.1. The first kappa shape index (κ1) is 20.9. The number of aromatic amines is 1. The maximum atomic E-state index is 12.9. The van der Waals surface area contributed by atoms with Gasteiger partial charge in [-0.1, -0.05) is 0 Å². The van der Waals surface area contributed by atoms with E-state index >= 15 is 0 Å². The Morgan fingerprint density at radius 3 is 2.88 bits per heavy atom. The number of rotatable bonds is 8. The van der Waals surface area contributed by atoms with E-state index < -0.39 is 0 Å². The average Bonchev–Trinajstić information content (AvgIpc) is 3.63. The molecule has 0 saturated carbocycles.